The minimum absolute atomic E-state index is 0.403. The Bertz CT molecular complexity index is 203. The van der Waals surface area contributed by atoms with Crippen molar-refractivity contribution in [2.45, 2.75) is 47.0 Å². The first kappa shape index (κ1) is 11.2. The summed E-state index contributed by atoms with van der Waals surface area (Å²) in [4.78, 5) is 4.12. The van der Waals surface area contributed by atoms with Gasteiger partial charge in [-0.25, -0.2) is 4.98 Å². The molecule has 1 heterocycles. The first-order valence-corrected chi connectivity index (χ1v) is 4.68. The van der Waals surface area contributed by atoms with E-state index in [0.29, 0.717) is 5.92 Å². The molecule has 12 heavy (non-hydrogen) atoms. The fourth-order valence-corrected chi connectivity index (χ4v) is 0.753. The van der Waals surface area contributed by atoms with Crippen LogP contribution in [-0.2, 0) is 6.42 Å². The zero-order valence-corrected chi connectivity index (χ0v) is 8.72. The summed E-state index contributed by atoms with van der Waals surface area (Å²) in [6, 6.07) is 0. The van der Waals surface area contributed by atoms with E-state index >= 15 is 0 Å². The molecule has 0 aliphatic rings. The second kappa shape index (κ2) is 5.81. The highest BCUT2D eigenvalue weighted by atomic mass is 16.4. The van der Waals surface area contributed by atoms with Crippen molar-refractivity contribution in [3.8, 4) is 0 Å². The molecular formula is C10H19NO. The lowest BCUT2D eigenvalue weighted by atomic mass is 10.2. The van der Waals surface area contributed by atoms with Crippen LogP contribution in [0.4, 0.5) is 0 Å². The lowest BCUT2D eigenvalue weighted by molar-refractivity contribution is 0.439. The maximum Gasteiger partial charge on any atom is 0.196 e. The van der Waals surface area contributed by atoms with Gasteiger partial charge in [-0.1, -0.05) is 34.6 Å². The molecule has 0 radical (unpaired) electrons. The molecule has 0 N–H and O–H groups in total. The molecule has 0 unspecified atom stereocenters. The highest BCUT2D eigenvalue weighted by Crippen LogP contribution is 2.13. The van der Waals surface area contributed by atoms with Crippen molar-refractivity contribution in [3.63, 3.8) is 0 Å². The van der Waals surface area contributed by atoms with Gasteiger partial charge in [-0.3, -0.25) is 0 Å². The summed E-state index contributed by atoms with van der Waals surface area (Å²) in [5.41, 5.74) is 0. The van der Waals surface area contributed by atoms with Crippen LogP contribution in [0.5, 0.6) is 0 Å². The molecule has 0 aliphatic heterocycles. The maximum absolute atomic E-state index is 5.38. The third kappa shape index (κ3) is 3.07. The van der Waals surface area contributed by atoms with Crippen LogP contribution in [0.2, 0.25) is 0 Å². The second-order valence-corrected chi connectivity index (χ2v) is 2.67. The van der Waals surface area contributed by atoms with E-state index < -0.39 is 0 Å². The third-order valence-corrected chi connectivity index (χ3v) is 1.41. The lowest BCUT2D eigenvalue weighted by Crippen LogP contribution is -1.84. The van der Waals surface area contributed by atoms with Gasteiger partial charge in [0.15, 0.2) is 5.89 Å². The molecule has 0 fully saturated rings. The summed E-state index contributed by atoms with van der Waals surface area (Å²) < 4.78 is 5.38. The van der Waals surface area contributed by atoms with Crippen LogP contribution in [0.1, 0.15) is 52.2 Å². The molecule has 1 rings (SSSR count). The molecular weight excluding hydrogens is 150 g/mol. The molecule has 1 aromatic rings. The van der Waals surface area contributed by atoms with Gasteiger partial charge in [0.2, 0.25) is 0 Å². The molecule has 0 saturated carbocycles. The summed E-state index contributed by atoms with van der Waals surface area (Å²) in [7, 11) is 0. The Hall–Kier alpha value is -0.790. The van der Waals surface area contributed by atoms with Gasteiger partial charge in [-0.15, -0.1) is 0 Å². The lowest BCUT2D eigenvalue weighted by Gasteiger charge is -1.94. The number of oxazole rings is 1. The van der Waals surface area contributed by atoms with Gasteiger partial charge in [-0.05, 0) is 0 Å². The fraction of sp³-hybridized carbons (Fsp3) is 0.700. The number of hydrogen-bond acceptors (Lipinski definition) is 2. The van der Waals surface area contributed by atoms with Crippen LogP contribution in [-0.4, -0.2) is 4.98 Å². The average molecular weight is 169 g/mol. The summed E-state index contributed by atoms with van der Waals surface area (Å²) in [5, 5.41) is 0. The zero-order chi connectivity index (χ0) is 9.56. The van der Waals surface area contributed by atoms with Crippen molar-refractivity contribution in [3.05, 3.63) is 17.8 Å². The second-order valence-electron chi connectivity index (χ2n) is 2.67. The van der Waals surface area contributed by atoms with Crippen molar-refractivity contribution < 1.29 is 4.42 Å². The first-order valence-electron chi connectivity index (χ1n) is 4.68. The number of aromatic nitrogens is 1. The monoisotopic (exact) mass is 169 g/mol. The van der Waals surface area contributed by atoms with E-state index in [1.807, 2.05) is 13.8 Å². The van der Waals surface area contributed by atoms with E-state index in [1.54, 1.807) is 6.20 Å². The summed E-state index contributed by atoms with van der Waals surface area (Å²) in [6.45, 7) is 10.2. The quantitative estimate of drug-likeness (QED) is 0.678. The molecule has 0 saturated heterocycles. The van der Waals surface area contributed by atoms with Gasteiger partial charge >= 0.3 is 0 Å². The van der Waals surface area contributed by atoms with Gasteiger partial charge < -0.3 is 4.42 Å². The largest absolute Gasteiger partial charge is 0.445 e. The first-order chi connectivity index (χ1) is 5.74. The molecule has 0 amide bonds. The van der Waals surface area contributed by atoms with Crippen LogP contribution in [0, 0.1) is 0 Å². The summed E-state index contributed by atoms with van der Waals surface area (Å²) in [6.07, 6.45) is 2.73. The molecule has 0 atom stereocenters. The van der Waals surface area contributed by atoms with Gasteiger partial charge in [0.1, 0.15) is 5.76 Å². The summed E-state index contributed by atoms with van der Waals surface area (Å²) in [5.74, 6) is 2.22. The Kier molecular flexibility index (Phi) is 5.43. The van der Waals surface area contributed by atoms with Crippen LogP contribution >= 0.6 is 0 Å². The van der Waals surface area contributed by atoms with Crippen LogP contribution in [0.25, 0.3) is 0 Å². The third-order valence-electron chi connectivity index (χ3n) is 1.41. The van der Waals surface area contributed by atoms with Crippen molar-refractivity contribution in [2.24, 2.45) is 0 Å². The number of nitrogens with zero attached hydrogens (tertiary/aromatic N) is 1. The normalized spacial score (nSPS) is 9.50. The molecule has 2 nitrogen and oxygen atoms in total. The van der Waals surface area contributed by atoms with Crippen LogP contribution < -0.4 is 0 Å². The highest BCUT2D eigenvalue weighted by molar-refractivity contribution is 4.96. The number of aryl methyl sites for hydroxylation is 1. The van der Waals surface area contributed by atoms with Crippen molar-refractivity contribution in [2.75, 3.05) is 0 Å². The van der Waals surface area contributed by atoms with E-state index in [2.05, 4.69) is 25.8 Å². The molecule has 0 aliphatic carbocycles. The Morgan fingerprint density at radius 2 is 2.00 bits per heavy atom. The topological polar surface area (TPSA) is 26.0 Å². The van der Waals surface area contributed by atoms with Gasteiger partial charge in [0, 0.05) is 12.3 Å². The standard InChI is InChI=1S/C8H13NO.C2H6/c1-4-7-5-9-8(10-7)6(2)3;1-2/h5-6H,4H2,1-3H3;1-2H3. The van der Waals surface area contributed by atoms with Crippen LogP contribution in [0.15, 0.2) is 10.6 Å². The molecule has 0 bridgehead atoms. The van der Waals surface area contributed by atoms with E-state index in [-0.39, 0.29) is 0 Å². The Morgan fingerprint density at radius 3 is 2.25 bits per heavy atom. The SMILES string of the molecule is CC.CCc1cnc(C(C)C)o1. The Morgan fingerprint density at radius 1 is 1.42 bits per heavy atom. The fourth-order valence-electron chi connectivity index (χ4n) is 0.753. The number of hydrogen-bond donors (Lipinski definition) is 0. The van der Waals surface area contributed by atoms with Crippen LogP contribution in [0.3, 0.4) is 0 Å². The molecule has 2 heteroatoms. The van der Waals surface area contributed by atoms with Crippen molar-refractivity contribution in [1.82, 2.24) is 4.98 Å². The van der Waals surface area contributed by atoms with E-state index in [4.69, 9.17) is 4.42 Å². The van der Waals surface area contributed by atoms with Gasteiger partial charge in [0.05, 0.1) is 6.20 Å². The van der Waals surface area contributed by atoms with Gasteiger partial charge in [-0.2, -0.15) is 0 Å². The maximum atomic E-state index is 5.38. The predicted octanol–water partition coefficient (Wildman–Crippen LogP) is 3.39. The number of rotatable bonds is 2. The molecule has 0 spiro atoms. The minimum Gasteiger partial charge on any atom is -0.445 e. The minimum atomic E-state index is 0.403. The van der Waals surface area contributed by atoms with Gasteiger partial charge in [0.25, 0.3) is 0 Å². The average Bonchev–Trinajstić information content (AvgIpc) is 2.55. The van der Waals surface area contributed by atoms with Crippen molar-refractivity contribution >= 4 is 0 Å². The van der Waals surface area contributed by atoms with Crippen molar-refractivity contribution in [1.29, 1.82) is 0 Å². The Balaban J connectivity index is 0.000000561. The van der Waals surface area contributed by atoms with E-state index in [1.165, 1.54) is 0 Å². The van der Waals surface area contributed by atoms with E-state index in [0.717, 1.165) is 18.1 Å². The highest BCUT2D eigenvalue weighted by Gasteiger charge is 2.04. The molecule has 70 valence electrons. The molecule has 1 aromatic heterocycles. The van der Waals surface area contributed by atoms with E-state index in [9.17, 15) is 0 Å². The summed E-state index contributed by atoms with van der Waals surface area (Å²) >= 11 is 0. The zero-order valence-electron chi connectivity index (χ0n) is 8.72. The predicted molar refractivity (Wildman–Crippen MR) is 51.3 cm³/mol. The molecule has 0 aromatic carbocycles. The smallest absolute Gasteiger partial charge is 0.196 e. The Labute approximate surface area is 75.0 Å².